The number of rotatable bonds is 20. The number of nitrogens with zero attached hydrogens (tertiary/aromatic N) is 5. The fraction of sp³-hybridized carbons (Fsp3) is 0.231. The Bertz CT molecular complexity index is 5430. The van der Waals surface area contributed by atoms with Gasteiger partial charge < -0.3 is 18.5 Å². The van der Waals surface area contributed by atoms with Gasteiger partial charge in [0, 0.05) is 72.5 Å². The first-order chi connectivity index (χ1) is 49.8. The van der Waals surface area contributed by atoms with Crippen molar-refractivity contribution in [2.75, 3.05) is 4.90 Å². The number of aryl methyl sites for hydroxylation is 2. The Labute approximate surface area is 658 Å². The van der Waals surface area contributed by atoms with Gasteiger partial charge in [0.2, 0.25) is 11.8 Å². The van der Waals surface area contributed by atoms with E-state index in [0.717, 1.165) is 70.7 Å². The lowest BCUT2D eigenvalue weighted by molar-refractivity contribution is 0.400. The van der Waals surface area contributed by atoms with Crippen molar-refractivity contribution in [3.63, 3.8) is 0 Å². The molecule has 0 aliphatic rings. The summed E-state index contributed by atoms with van der Waals surface area (Å²) in [5, 5.41) is 14.2. The van der Waals surface area contributed by atoms with E-state index in [-0.39, 0.29) is 82.7 Å². The van der Waals surface area contributed by atoms with Crippen LogP contribution in [0.15, 0.2) is 320 Å². The van der Waals surface area contributed by atoms with E-state index in [1.54, 1.807) is 0 Å². The standard InChI is InChI=1S/C96H85N5O.8CH4/c1-8-67(68-32-38-73(39-33-68)77-18-17-19-78(62-77)95-98-97-94(102-95)76-44-50-81(51-45-76)96(5,6)7)61-80(75-42-36-70(37-43-75)71-46-56-84(57-47-71)100(82-52-28-64(2)29-53-82)83-54-30-65(3)31-55-83)63-79(60-66(4)99-90-24-13-9-20-86(90)87-21-10-14-25-91(87)99)74-40-34-69(35-41-74)72-48-58-85(59-49-72)101-92-26-15-11-22-88(92)89-23-12-16-27-93(89)101;;;;;;;;/h9-59,62,66-67,79-80H,8,60-61,63H2,1-7H3;8*1H4. The third-order valence-electron chi connectivity index (χ3n) is 21.4. The van der Waals surface area contributed by atoms with Crippen molar-refractivity contribution in [2.45, 2.75) is 163 Å². The zero-order chi connectivity index (χ0) is 69.4. The summed E-state index contributed by atoms with van der Waals surface area (Å²) in [6.07, 6.45) is 3.92. The van der Waals surface area contributed by atoms with Crippen molar-refractivity contribution >= 4 is 60.7 Å². The summed E-state index contributed by atoms with van der Waals surface area (Å²) in [7, 11) is 0. The monoisotopic (exact) mass is 1450 g/mol. The lowest BCUT2D eigenvalue weighted by atomic mass is 9.76. The van der Waals surface area contributed by atoms with E-state index in [0.29, 0.717) is 17.7 Å². The largest absolute Gasteiger partial charge is 0.416 e. The van der Waals surface area contributed by atoms with Crippen LogP contribution >= 0.6 is 0 Å². The molecule has 0 N–H and O–H groups in total. The molecule has 0 radical (unpaired) electrons. The maximum atomic E-state index is 6.35. The highest BCUT2D eigenvalue weighted by Crippen LogP contribution is 2.46. The lowest BCUT2D eigenvalue weighted by Gasteiger charge is -2.30. The van der Waals surface area contributed by atoms with E-state index in [4.69, 9.17) is 4.42 Å². The zero-order valence-corrected chi connectivity index (χ0v) is 59.3. The van der Waals surface area contributed by atoms with Gasteiger partial charge in [0.1, 0.15) is 0 Å². The molecule has 0 bridgehead atoms. The second-order valence-corrected chi connectivity index (χ2v) is 29.1. The fourth-order valence-electron chi connectivity index (χ4n) is 15.8. The van der Waals surface area contributed by atoms with Gasteiger partial charge in [-0.1, -0.05) is 317 Å². The van der Waals surface area contributed by atoms with Gasteiger partial charge in [-0.2, -0.15) is 0 Å². The molecule has 0 spiro atoms. The molecule has 0 saturated carbocycles. The molecule has 564 valence electrons. The van der Waals surface area contributed by atoms with Crippen LogP contribution in [0.1, 0.15) is 177 Å². The van der Waals surface area contributed by atoms with Crippen LogP contribution in [0, 0.1) is 13.8 Å². The van der Waals surface area contributed by atoms with Crippen LogP contribution in [0.3, 0.4) is 0 Å². The average molecular weight is 1450 g/mol. The third kappa shape index (κ3) is 17.0. The highest BCUT2D eigenvalue weighted by atomic mass is 16.4. The highest BCUT2D eigenvalue weighted by molar-refractivity contribution is 6.10. The van der Waals surface area contributed by atoms with Gasteiger partial charge in [0.05, 0.1) is 11.0 Å². The van der Waals surface area contributed by atoms with Gasteiger partial charge in [0.15, 0.2) is 0 Å². The zero-order valence-electron chi connectivity index (χ0n) is 59.3. The molecule has 16 rings (SSSR count). The number of hydrogen-bond donors (Lipinski definition) is 0. The van der Waals surface area contributed by atoms with E-state index in [1.165, 1.54) is 99.2 Å². The first-order valence-electron chi connectivity index (χ1n) is 36.3. The van der Waals surface area contributed by atoms with Crippen molar-refractivity contribution in [3.05, 3.63) is 349 Å². The normalized spacial score (nSPS) is 12.1. The summed E-state index contributed by atoms with van der Waals surface area (Å²) in [5.41, 5.74) is 26.3. The Balaban J connectivity index is 0.00000190. The third-order valence-corrected chi connectivity index (χ3v) is 21.4. The van der Waals surface area contributed by atoms with E-state index in [9.17, 15) is 0 Å². The molecule has 4 atom stereocenters. The molecular weight excluding hydrogens is 1340 g/mol. The molecule has 0 aliphatic carbocycles. The van der Waals surface area contributed by atoms with Crippen LogP contribution in [0.4, 0.5) is 17.1 Å². The van der Waals surface area contributed by atoms with E-state index in [1.807, 2.05) is 0 Å². The second-order valence-electron chi connectivity index (χ2n) is 29.1. The van der Waals surface area contributed by atoms with Gasteiger partial charge in [-0.25, -0.2) is 0 Å². The smallest absolute Gasteiger partial charge is 0.248 e. The summed E-state index contributed by atoms with van der Waals surface area (Å²) in [6.45, 7) is 15.8. The van der Waals surface area contributed by atoms with Crippen LogP contribution in [0.25, 0.3) is 106 Å². The van der Waals surface area contributed by atoms with Crippen LogP contribution in [-0.4, -0.2) is 19.3 Å². The predicted molar refractivity (Wildman–Crippen MR) is 482 cm³/mol. The Morgan fingerprint density at radius 2 is 0.673 bits per heavy atom. The van der Waals surface area contributed by atoms with Crippen LogP contribution in [0.2, 0.25) is 0 Å². The number of aromatic nitrogens is 4. The van der Waals surface area contributed by atoms with Gasteiger partial charge >= 0.3 is 0 Å². The molecule has 110 heavy (non-hydrogen) atoms. The molecule has 4 unspecified atom stereocenters. The van der Waals surface area contributed by atoms with Crippen LogP contribution in [0.5, 0.6) is 0 Å². The van der Waals surface area contributed by atoms with Gasteiger partial charge in [-0.15, -0.1) is 10.2 Å². The number of benzene rings is 13. The molecule has 0 fully saturated rings. The fourth-order valence-corrected chi connectivity index (χ4v) is 15.8. The average Bonchev–Trinajstić information content (AvgIpc) is 1.60. The van der Waals surface area contributed by atoms with Crippen molar-refractivity contribution in [1.29, 1.82) is 0 Å². The Hall–Kier alpha value is -11.6. The predicted octanol–water partition coefficient (Wildman–Crippen LogP) is 31.6. The molecule has 16 aromatic rings. The number of hydrogen-bond acceptors (Lipinski definition) is 4. The molecule has 13 aromatic carbocycles. The summed E-state index contributed by atoms with van der Waals surface area (Å²) in [4.78, 5) is 2.35. The second kappa shape index (κ2) is 36.1. The summed E-state index contributed by atoms with van der Waals surface area (Å²) in [6, 6.07) is 117. The van der Waals surface area contributed by atoms with Gasteiger partial charge in [-0.05, 0) is 222 Å². The summed E-state index contributed by atoms with van der Waals surface area (Å²) >= 11 is 0. The lowest BCUT2D eigenvalue weighted by Crippen LogP contribution is -2.15. The quantitative estimate of drug-likeness (QED) is 0.0763. The molecule has 0 saturated heterocycles. The topological polar surface area (TPSA) is 52.0 Å². The van der Waals surface area contributed by atoms with E-state index >= 15 is 0 Å². The van der Waals surface area contributed by atoms with Gasteiger partial charge in [-0.3, -0.25) is 0 Å². The Kier molecular flexibility index (Phi) is 27.6. The SMILES string of the molecule is C.C.C.C.C.C.C.C.CCC(CC(CC(CC(C)n1c2ccccc2c2ccccc21)c1ccc(-c2ccc(-n3c4ccccc4c4ccccc43)cc2)cc1)c1ccc(-c2ccc(N(c3ccc(C)cc3)c3ccc(C)cc3)cc2)cc1)c1ccc(-c2cccc(-c3nnc(-c4ccc(C(C)(C)C)cc4)o3)c2)cc1. The molecule has 0 aliphatic heterocycles. The Morgan fingerprint density at radius 3 is 1.11 bits per heavy atom. The summed E-state index contributed by atoms with van der Waals surface area (Å²) in [5.74, 6) is 1.75. The van der Waals surface area contributed by atoms with Gasteiger partial charge in [0.25, 0.3) is 0 Å². The maximum Gasteiger partial charge on any atom is 0.248 e. The molecule has 0 amide bonds. The minimum absolute atomic E-state index is 0. The van der Waals surface area contributed by atoms with Crippen molar-refractivity contribution < 1.29 is 4.42 Å². The van der Waals surface area contributed by atoms with E-state index < -0.39 is 0 Å². The highest BCUT2D eigenvalue weighted by Gasteiger charge is 2.28. The van der Waals surface area contributed by atoms with Crippen LogP contribution in [-0.2, 0) is 5.41 Å². The van der Waals surface area contributed by atoms with Crippen molar-refractivity contribution in [2.24, 2.45) is 0 Å². The number of para-hydroxylation sites is 4. The number of anilines is 3. The summed E-state index contributed by atoms with van der Waals surface area (Å²) < 4.78 is 11.4. The number of fused-ring (bicyclic) bond motifs is 6. The first-order valence-corrected chi connectivity index (χ1v) is 36.3. The molecule has 3 aromatic heterocycles. The van der Waals surface area contributed by atoms with Crippen molar-refractivity contribution in [1.82, 2.24) is 19.3 Å². The van der Waals surface area contributed by atoms with Crippen LogP contribution < -0.4 is 4.90 Å². The van der Waals surface area contributed by atoms with E-state index in [2.05, 4.69) is 388 Å². The molecule has 6 heteroatoms. The first kappa shape index (κ1) is 84.0. The molecule has 3 heterocycles. The minimum atomic E-state index is 0. The minimum Gasteiger partial charge on any atom is -0.416 e. The molecular formula is C104H117N5O. The van der Waals surface area contributed by atoms with Crippen molar-refractivity contribution in [3.8, 4) is 62.0 Å². The molecule has 6 nitrogen and oxygen atoms in total. The Morgan fingerprint density at radius 1 is 0.336 bits per heavy atom. The maximum absolute atomic E-state index is 6.35.